The van der Waals surface area contributed by atoms with E-state index in [0.29, 0.717) is 34.5 Å². The molecular formula is C32H28FN5O2. The molecule has 7 nitrogen and oxygen atoms in total. The lowest BCUT2D eigenvalue weighted by Crippen LogP contribution is -2.30. The van der Waals surface area contributed by atoms with Gasteiger partial charge in [-0.25, -0.2) is 9.37 Å². The molecule has 8 heteroatoms. The monoisotopic (exact) mass is 533 g/mol. The molecule has 0 spiro atoms. The van der Waals surface area contributed by atoms with Gasteiger partial charge < -0.3 is 25.7 Å². The number of benzene rings is 4. The number of fused-ring (bicyclic) bond motifs is 4. The van der Waals surface area contributed by atoms with E-state index in [9.17, 15) is 14.3 Å². The van der Waals surface area contributed by atoms with Crippen LogP contribution in [-0.4, -0.2) is 37.7 Å². The molecular weight excluding hydrogens is 505 g/mol. The number of hydrogen-bond donors (Lipinski definition) is 4. The highest BCUT2D eigenvalue weighted by molar-refractivity contribution is 6.15. The second-order valence-electron chi connectivity index (χ2n) is 10.6. The molecule has 6 aromatic rings. The third-order valence-electron chi connectivity index (χ3n) is 7.93. The van der Waals surface area contributed by atoms with Gasteiger partial charge >= 0.3 is 0 Å². The molecule has 40 heavy (non-hydrogen) atoms. The molecule has 200 valence electrons. The quantitative estimate of drug-likeness (QED) is 0.209. The van der Waals surface area contributed by atoms with E-state index < -0.39 is 5.91 Å². The average molecular weight is 534 g/mol. The number of nitrogens with one attached hydrogen (secondary N) is 2. The van der Waals surface area contributed by atoms with Crippen molar-refractivity contribution in [3.63, 3.8) is 0 Å². The number of aliphatic hydroxyl groups excluding tert-OH is 1. The van der Waals surface area contributed by atoms with Crippen LogP contribution in [-0.2, 0) is 0 Å². The van der Waals surface area contributed by atoms with Gasteiger partial charge in [0.25, 0.3) is 5.91 Å². The Bertz CT molecular complexity index is 1920. The Morgan fingerprint density at radius 2 is 1.88 bits per heavy atom. The average Bonchev–Trinajstić information content (AvgIpc) is 3.51. The van der Waals surface area contributed by atoms with E-state index in [1.54, 1.807) is 12.1 Å². The number of hydrogen-bond acceptors (Lipinski definition) is 4. The molecule has 1 saturated carbocycles. The van der Waals surface area contributed by atoms with Crippen molar-refractivity contribution in [3.8, 4) is 17.1 Å². The Hall–Kier alpha value is -4.69. The minimum atomic E-state index is -0.503. The van der Waals surface area contributed by atoms with Crippen LogP contribution in [0.25, 0.3) is 49.9 Å². The summed E-state index contributed by atoms with van der Waals surface area (Å²) in [6, 6.07) is 24.5. The van der Waals surface area contributed by atoms with Crippen molar-refractivity contribution < 1.29 is 14.3 Å². The molecule has 2 heterocycles. The number of rotatable bonds is 5. The highest BCUT2D eigenvalue weighted by Gasteiger charge is 2.23. The molecule has 0 bridgehead atoms. The summed E-state index contributed by atoms with van der Waals surface area (Å²) in [6.45, 7) is 0. The van der Waals surface area contributed by atoms with Crippen LogP contribution in [0.2, 0.25) is 0 Å². The normalized spacial score (nSPS) is 17.6. The molecule has 1 aliphatic carbocycles. The summed E-state index contributed by atoms with van der Waals surface area (Å²) in [6.07, 6.45) is 2.92. The van der Waals surface area contributed by atoms with Crippen LogP contribution in [0.5, 0.6) is 0 Å². The molecule has 0 radical (unpaired) electrons. The summed E-state index contributed by atoms with van der Waals surface area (Å²) in [4.78, 5) is 20.4. The minimum Gasteiger partial charge on any atom is -0.393 e. The van der Waals surface area contributed by atoms with E-state index in [1.165, 1.54) is 12.1 Å². The number of nitrogens with two attached hydrogens (primary N) is 1. The summed E-state index contributed by atoms with van der Waals surface area (Å²) in [5, 5.41) is 15.8. The zero-order chi connectivity index (χ0) is 27.4. The van der Waals surface area contributed by atoms with Crippen molar-refractivity contribution in [2.75, 3.05) is 5.32 Å². The first kappa shape index (κ1) is 24.4. The van der Waals surface area contributed by atoms with Gasteiger partial charge in [0.1, 0.15) is 11.6 Å². The van der Waals surface area contributed by atoms with Gasteiger partial charge in [0.2, 0.25) is 0 Å². The number of H-pyrrole nitrogens is 1. The number of primary amides is 1. The lowest BCUT2D eigenvalue weighted by molar-refractivity contribution is 0.100. The van der Waals surface area contributed by atoms with E-state index in [2.05, 4.69) is 33.1 Å². The van der Waals surface area contributed by atoms with Gasteiger partial charge in [-0.2, -0.15) is 0 Å². The lowest BCUT2D eigenvalue weighted by atomic mass is 9.92. The Morgan fingerprint density at radius 3 is 2.73 bits per heavy atom. The molecule has 7 rings (SSSR count). The van der Waals surface area contributed by atoms with Gasteiger partial charge in [-0.3, -0.25) is 4.79 Å². The number of anilines is 1. The maximum absolute atomic E-state index is 13.9. The fourth-order valence-electron chi connectivity index (χ4n) is 6.12. The van der Waals surface area contributed by atoms with Gasteiger partial charge in [-0.05, 0) is 74.2 Å². The van der Waals surface area contributed by atoms with Crippen molar-refractivity contribution in [3.05, 3.63) is 90.2 Å². The number of carbonyl (C=O) groups is 1. The van der Waals surface area contributed by atoms with Crippen LogP contribution in [0.3, 0.4) is 0 Å². The second-order valence-corrected chi connectivity index (χ2v) is 10.6. The summed E-state index contributed by atoms with van der Waals surface area (Å²) in [5.74, 6) is -0.156. The van der Waals surface area contributed by atoms with Gasteiger partial charge in [-0.1, -0.05) is 30.3 Å². The number of aromatic nitrogens is 3. The Labute approximate surface area is 229 Å². The number of nitrogens with zero attached hydrogens (tertiary/aromatic N) is 2. The molecule has 1 fully saturated rings. The lowest BCUT2D eigenvalue weighted by Gasteiger charge is -2.28. The van der Waals surface area contributed by atoms with Crippen molar-refractivity contribution >= 4 is 44.4 Å². The molecule has 5 N–H and O–H groups in total. The van der Waals surface area contributed by atoms with Crippen LogP contribution in [0.1, 0.15) is 36.0 Å². The first-order chi connectivity index (χ1) is 19.5. The number of aliphatic hydroxyl groups is 1. The van der Waals surface area contributed by atoms with Gasteiger partial charge in [0.05, 0.1) is 33.7 Å². The highest BCUT2D eigenvalue weighted by Crippen LogP contribution is 2.39. The summed E-state index contributed by atoms with van der Waals surface area (Å²) in [5.41, 5.74) is 11.9. The minimum absolute atomic E-state index is 0.0553. The zero-order valence-corrected chi connectivity index (χ0v) is 21.7. The highest BCUT2D eigenvalue weighted by atomic mass is 19.1. The number of imidazole rings is 1. The van der Waals surface area contributed by atoms with E-state index in [4.69, 9.17) is 10.7 Å². The predicted molar refractivity (Wildman–Crippen MR) is 156 cm³/mol. The zero-order valence-electron chi connectivity index (χ0n) is 21.7. The fraction of sp³-hybridized carbons (Fsp3) is 0.188. The molecule has 4 aromatic carbocycles. The van der Waals surface area contributed by atoms with Crippen molar-refractivity contribution in [2.45, 2.75) is 37.8 Å². The summed E-state index contributed by atoms with van der Waals surface area (Å²) >= 11 is 0. The molecule has 2 atom stereocenters. The largest absolute Gasteiger partial charge is 0.393 e. The van der Waals surface area contributed by atoms with Crippen molar-refractivity contribution in [1.82, 2.24) is 14.5 Å². The van der Waals surface area contributed by atoms with Crippen LogP contribution in [0.15, 0.2) is 78.9 Å². The number of carbonyl (C=O) groups excluding carboxylic acids is 1. The molecule has 1 aliphatic rings. The maximum Gasteiger partial charge on any atom is 0.250 e. The number of halogens is 1. The molecule has 2 aromatic heterocycles. The standard InChI is InChI=1S/C32H28FN5O2/c33-18-11-14-25-27(15-18)37-32(36-25)24-8-4-10-29-30(24)23-7-1-2-9-28(23)38(29)20-12-13-22(31(34)40)26(17-20)35-19-5-3-6-21(39)16-19/h1-2,4,7-15,17,19,21,35,39H,3,5-6,16H2,(H2,34,40)(H,36,37)/t19-,21+/m0/s1. The first-order valence-corrected chi connectivity index (χ1v) is 13.5. The third kappa shape index (κ3) is 4.08. The van der Waals surface area contributed by atoms with Crippen LogP contribution in [0, 0.1) is 5.82 Å². The smallest absolute Gasteiger partial charge is 0.250 e. The van der Waals surface area contributed by atoms with Crippen LogP contribution < -0.4 is 11.1 Å². The van der Waals surface area contributed by atoms with Crippen molar-refractivity contribution in [1.29, 1.82) is 0 Å². The number of amides is 1. The number of aromatic amines is 1. The topological polar surface area (TPSA) is 109 Å². The molecule has 1 amide bonds. The Morgan fingerprint density at radius 1 is 1.02 bits per heavy atom. The van der Waals surface area contributed by atoms with Crippen LogP contribution >= 0.6 is 0 Å². The Kier molecular flexibility index (Phi) is 5.78. The fourth-order valence-corrected chi connectivity index (χ4v) is 6.12. The van der Waals surface area contributed by atoms with Gasteiger partial charge in [0.15, 0.2) is 0 Å². The molecule has 0 saturated heterocycles. The number of para-hydroxylation sites is 1. The Balaban J connectivity index is 1.42. The van der Waals surface area contributed by atoms with E-state index in [-0.39, 0.29) is 18.0 Å². The molecule has 0 unspecified atom stereocenters. The van der Waals surface area contributed by atoms with Crippen molar-refractivity contribution in [2.24, 2.45) is 5.73 Å². The van der Waals surface area contributed by atoms with E-state index in [0.717, 1.165) is 52.3 Å². The van der Waals surface area contributed by atoms with Gasteiger partial charge in [-0.15, -0.1) is 0 Å². The maximum atomic E-state index is 13.9. The predicted octanol–water partition coefficient (Wildman–Crippen LogP) is 6.28. The second kappa shape index (κ2) is 9.50. The SMILES string of the molecule is NC(=O)c1ccc(-n2c3ccccc3c3c(-c4nc5ccc(F)cc5[nH]4)cccc32)cc1N[C@H]1CCC[C@@H](O)C1. The first-order valence-electron chi connectivity index (χ1n) is 13.5. The van der Waals surface area contributed by atoms with E-state index >= 15 is 0 Å². The summed E-state index contributed by atoms with van der Waals surface area (Å²) < 4.78 is 16.0. The van der Waals surface area contributed by atoms with Gasteiger partial charge in [0, 0.05) is 33.8 Å². The third-order valence-corrected chi connectivity index (χ3v) is 7.93. The van der Waals surface area contributed by atoms with Crippen LogP contribution in [0.4, 0.5) is 10.1 Å². The van der Waals surface area contributed by atoms with E-state index in [1.807, 2.05) is 36.4 Å². The molecule has 0 aliphatic heterocycles. The summed E-state index contributed by atoms with van der Waals surface area (Å²) in [7, 11) is 0.